The highest BCUT2D eigenvalue weighted by atomic mass is 19.4. The molecule has 6 nitrogen and oxygen atoms in total. The number of carboxylic acid groups (broad SMARTS) is 1. The van der Waals surface area contributed by atoms with Crippen molar-refractivity contribution in [3.63, 3.8) is 0 Å². The molecule has 29 heavy (non-hydrogen) atoms. The average molecular weight is 405 g/mol. The maximum atomic E-state index is 13.5. The zero-order valence-corrected chi connectivity index (χ0v) is 15.9. The summed E-state index contributed by atoms with van der Waals surface area (Å²) in [6, 6.07) is 3.60. The van der Waals surface area contributed by atoms with Gasteiger partial charge in [0.1, 0.15) is 16.9 Å². The molecule has 3 aromatic heterocycles. The van der Waals surface area contributed by atoms with Crippen LogP contribution in [0.5, 0.6) is 0 Å². The average Bonchev–Trinajstić information content (AvgIpc) is 2.97. The highest BCUT2D eigenvalue weighted by Gasteiger charge is 2.39. The van der Waals surface area contributed by atoms with Crippen LogP contribution in [0.3, 0.4) is 0 Å². The highest BCUT2D eigenvalue weighted by Crippen LogP contribution is 2.47. The second-order valence-electron chi connectivity index (χ2n) is 8.29. The van der Waals surface area contributed by atoms with Crippen LogP contribution in [0.15, 0.2) is 29.2 Å². The van der Waals surface area contributed by atoms with E-state index in [0.29, 0.717) is 17.7 Å². The van der Waals surface area contributed by atoms with E-state index in [1.807, 2.05) is 20.8 Å². The minimum absolute atomic E-state index is 0.227. The molecule has 9 heteroatoms. The maximum absolute atomic E-state index is 13.5. The third-order valence-electron chi connectivity index (χ3n) is 5.41. The number of pyridine rings is 2. The van der Waals surface area contributed by atoms with E-state index in [0.717, 1.165) is 6.07 Å². The van der Waals surface area contributed by atoms with Gasteiger partial charge in [0.2, 0.25) is 0 Å². The first-order valence-corrected chi connectivity index (χ1v) is 8.97. The van der Waals surface area contributed by atoms with Crippen molar-refractivity contribution >= 4 is 11.6 Å². The van der Waals surface area contributed by atoms with E-state index in [4.69, 9.17) is 0 Å². The minimum Gasteiger partial charge on any atom is -0.477 e. The zero-order valence-electron chi connectivity index (χ0n) is 15.9. The van der Waals surface area contributed by atoms with Gasteiger partial charge in [-0.15, -0.1) is 0 Å². The van der Waals surface area contributed by atoms with E-state index < -0.39 is 28.8 Å². The van der Waals surface area contributed by atoms with Crippen molar-refractivity contribution in [3.8, 4) is 11.4 Å². The summed E-state index contributed by atoms with van der Waals surface area (Å²) in [6.45, 7) is 5.88. The number of halogens is 3. The number of aromatic carboxylic acids is 1. The van der Waals surface area contributed by atoms with Crippen molar-refractivity contribution in [2.75, 3.05) is 0 Å². The second-order valence-corrected chi connectivity index (χ2v) is 8.29. The first-order valence-electron chi connectivity index (χ1n) is 8.97. The van der Waals surface area contributed by atoms with Crippen LogP contribution in [0.25, 0.3) is 17.0 Å². The molecule has 152 valence electrons. The lowest BCUT2D eigenvalue weighted by molar-refractivity contribution is -0.136. The second kappa shape index (κ2) is 5.95. The van der Waals surface area contributed by atoms with Crippen LogP contribution in [0.2, 0.25) is 0 Å². The summed E-state index contributed by atoms with van der Waals surface area (Å²) in [6.07, 6.45) is -2.70. The van der Waals surface area contributed by atoms with Crippen molar-refractivity contribution < 1.29 is 23.1 Å². The standard InChI is InChI=1S/C20H18F3N3O3/c1-19(2,3)12-8-13-15(14-9(12)7-10(18(28)29)17(27)25-14)24-16-11(20(21,22)23)5-4-6-26(13)16/h4-7,12H,8H2,1-3H3,(H,25,27)(H,28,29)/t12-/m0/s1. The summed E-state index contributed by atoms with van der Waals surface area (Å²) in [7, 11) is 0. The van der Waals surface area contributed by atoms with Crippen LogP contribution < -0.4 is 5.56 Å². The third-order valence-corrected chi connectivity index (χ3v) is 5.41. The third kappa shape index (κ3) is 2.92. The van der Waals surface area contributed by atoms with Gasteiger partial charge in [0.05, 0.1) is 17.0 Å². The zero-order chi connectivity index (χ0) is 21.3. The molecule has 4 rings (SSSR count). The number of aromatic amines is 1. The predicted molar refractivity (Wildman–Crippen MR) is 99.1 cm³/mol. The number of hydrogen-bond acceptors (Lipinski definition) is 3. The van der Waals surface area contributed by atoms with Crippen molar-refractivity contribution in [2.24, 2.45) is 5.41 Å². The van der Waals surface area contributed by atoms with Crippen LogP contribution in [0, 0.1) is 5.41 Å². The number of hydrogen-bond donors (Lipinski definition) is 2. The summed E-state index contributed by atoms with van der Waals surface area (Å²) in [5.74, 6) is -1.59. The van der Waals surface area contributed by atoms with Crippen molar-refractivity contribution in [3.05, 3.63) is 57.1 Å². The molecule has 1 atom stereocenters. The summed E-state index contributed by atoms with van der Waals surface area (Å²) in [4.78, 5) is 30.5. The summed E-state index contributed by atoms with van der Waals surface area (Å²) in [5, 5.41) is 9.33. The molecule has 0 amide bonds. The molecule has 0 saturated carbocycles. The highest BCUT2D eigenvalue weighted by molar-refractivity contribution is 5.88. The molecule has 1 aliphatic rings. The van der Waals surface area contributed by atoms with E-state index in [2.05, 4.69) is 9.97 Å². The van der Waals surface area contributed by atoms with Gasteiger partial charge in [-0.1, -0.05) is 20.8 Å². The van der Waals surface area contributed by atoms with Crippen LogP contribution in [0.1, 0.15) is 53.9 Å². The molecule has 0 unspecified atom stereocenters. The van der Waals surface area contributed by atoms with Gasteiger partial charge in [-0.2, -0.15) is 13.2 Å². The number of imidazole rings is 1. The molecule has 0 radical (unpaired) electrons. The largest absolute Gasteiger partial charge is 0.477 e. The number of H-pyrrole nitrogens is 1. The monoisotopic (exact) mass is 405 g/mol. The predicted octanol–water partition coefficient (Wildman–Crippen LogP) is 4.09. The summed E-state index contributed by atoms with van der Waals surface area (Å²) >= 11 is 0. The quantitative estimate of drug-likeness (QED) is 0.638. The van der Waals surface area contributed by atoms with Crippen LogP contribution in [-0.4, -0.2) is 25.4 Å². The van der Waals surface area contributed by atoms with E-state index in [1.54, 1.807) is 0 Å². The molecule has 3 aromatic rings. The van der Waals surface area contributed by atoms with Gasteiger partial charge in [0.15, 0.2) is 0 Å². The van der Waals surface area contributed by atoms with Gasteiger partial charge in [-0.05, 0) is 41.5 Å². The molecule has 0 spiro atoms. The molecule has 2 N–H and O–H groups in total. The lowest BCUT2D eigenvalue weighted by Crippen LogP contribution is -2.29. The topological polar surface area (TPSA) is 87.5 Å². The fourth-order valence-corrected chi connectivity index (χ4v) is 3.98. The number of nitrogens with zero attached hydrogens (tertiary/aromatic N) is 2. The van der Waals surface area contributed by atoms with Gasteiger partial charge in [-0.3, -0.25) is 4.79 Å². The molecule has 0 saturated heterocycles. The Morgan fingerprint density at radius 3 is 2.59 bits per heavy atom. The van der Waals surface area contributed by atoms with Crippen molar-refractivity contribution in [2.45, 2.75) is 39.3 Å². The molecular weight excluding hydrogens is 387 g/mol. The fourth-order valence-electron chi connectivity index (χ4n) is 3.98. The first-order chi connectivity index (χ1) is 13.4. The lowest BCUT2D eigenvalue weighted by Gasteiger charge is -2.35. The Morgan fingerprint density at radius 2 is 2.00 bits per heavy atom. The van der Waals surface area contributed by atoms with Gasteiger partial charge >= 0.3 is 12.1 Å². The Hall–Kier alpha value is -3.10. The van der Waals surface area contributed by atoms with Gasteiger partial charge in [0, 0.05) is 6.20 Å². The number of fused-ring (bicyclic) bond motifs is 5. The van der Waals surface area contributed by atoms with Crippen LogP contribution in [-0.2, 0) is 12.6 Å². The Balaban J connectivity index is 2.09. The molecule has 0 aromatic carbocycles. The molecule has 0 bridgehead atoms. The number of rotatable bonds is 1. The maximum Gasteiger partial charge on any atom is 0.419 e. The van der Waals surface area contributed by atoms with Crippen LogP contribution in [0.4, 0.5) is 13.2 Å². The van der Waals surface area contributed by atoms with E-state index in [-0.39, 0.29) is 28.4 Å². The number of alkyl halides is 3. The molecule has 0 aliphatic heterocycles. The van der Waals surface area contributed by atoms with E-state index in [9.17, 15) is 27.9 Å². The van der Waals surface area contributed by atoms with E-state index >= 15 is 0 Å². The fraction of sp³-hybridized carbons (Fsp3) is 0.350. The SMILES string of the molecule is CC(C)(C)[C@H]1Cc2c(nc3c(C(F)(F)F)cccn23)-c2[nH]c(=O)c(C(=O)O)cc21. The molecule has 3 heterocycles. The van der Waals surface area contributed by atoms with Gasteiger partial charge < -0.3 is 14.5 Å². The molecule has 1 aliphatic carbocycles. The number of nitrogens with one attached hydrogen (secondary N) is 1. The van der Waals surface area contributed by atoms with Gasteiger partial charge in [0.25, 0.3) is 5.56 Å². The smallest absolute Gasteiger partial charge is 0.419 e. The molecule has 0 fully saturated rings. The number of carbonyl (C=O) groups is 1. The molecular formula is C20H18F3N3O3. The van der Waals surface area contributed by atoms with Crippen molar-refractivity contribution in [1.29, 1.82) is 0 Å². The van der Waals surface area contributed by atoms with E-state index in [1.165, 1.54) is 22.7 Å². The lowest BCUT2D eigenvalue weighted by atomic mass is 9.70. The Morgan fingerprint density at radius 1 is 1.31 bits per heavy atom. The van der Waals surface area contributed by atoms with Crippen LogP contribution >= 0.6 is 0 Å². The summed E-state index contributed by atoms with van der Waals surface area (Å²) in [5.41, 5.74) is -1.03. The Labute approximate surface area is 163 Å². The number of aromatic nitrogens is 3. The minimum atomic E-state index is -4.58. The van der Waals surface area contributed by atoms with Crippen molar-refractivity contribution in [1.82, 2.24) is 14.4 Å². The normalized spacial score (nSPS) is 16.6. The Bertz CT molecular complexity index is 1220. The van der Waals surface area contributed by atoms with Gasteiger partial charge in [-0.25, -0.2) is 9.78 Å². The number of carboxylic acids is 1. The summed E-state index contributed by atoms with van der Waals surface area (Å²) < 4.78 is 41.8. The Kier molecular flexibility index (Phi) is 3.94. The first kappa shape index (κ1) is 19.2.